The molecule has 8 saturated heterocycles. The van der Waals surface area contributed by atoms with E-state index >= 15 is 0 Å². The summed E-state index contributed by atoms with van der Waals surface area (Å²) >= 11 is 3.37. The van der Waals surface area contributed by atoms with Gasteiger partial charge in [0.1, 0.15) is 23.3 Å². The SMILES string of the molecule is CC1(C)OB(c2cnn(C3CCOCC3)c2)OC1(C)C.Fc1cccc2c1C(C1CCN(c3ncc(-c4cnn(C5CCOCC5)c4)cn3)CC1)n1cncc1-2.Fc1cccc2c1C(C1CCN(c3ncc(-c4cnn(C5CCOCC5)c4)cn3)CC1)n1cncc1-2.Fc1cccc2c1C(C1CCN(c3ncc(Br)cn3)CC1)n1cncc1-2.Fc1cccc2c1C(C1CCNCC1)n1cncc1-2. The molecule has 0 aliphatic carbocycles. The summed E-state index contributed by atoms with van der Waals surface area (Å²) < 4.78 is 103. The fourth-order valence-corrected chi connectivity index (χ4v) is 22.8. The third-order valence-electron chi connectivity index (χ3n) is 30.6. The Morgan fingerprint density at radius 1 is 0.343 bits per heavy atom. The van der Waals surface area contributed by atoms with Gasteiger partial charge in [0, 0.05) is 213 Å². The average Bonchev–Trinajstić information content (AvgIpc) is 1.59. The lowest BCUT2D eigenvalue weighted by molar-refractivity contribution is 0.00578. The van der Waals surface area contributed by atoms with Crippen molar-refractivity contribution in [3.63, 3.8) is 0 Å². The molecule has 10 aromatic heterocycles. The summed E-state index contributed by atoms with van der Waals surface area (Å²) in [6.45, 7) is 20.2. The fraction of sp³-hybridized carbons (Fsp3) is 0.441. The number of aromatic nitrogens is 20. The maximum Gasteiger partial charge on any atom is 0.498 e. The zero-order chi connectivity index (χ0) is 93.0. The smallest absolute Gasteiger partial charge is 0.399 e. The molecule has 14 aromatic rings. The van der Waals surface area contributed by atoms with E-state index in [4.69, 9.17) is 23.5 Å². The number of piperidine rings is 4. The molecule has 1 N–H and O–H groups in total. The molecule has 4 aromatic carbocycles. The van der Waals surface area contributed by atoms with Crippen LogP contribution in [-0.2, 0) is 23.5 Å². The van der Waals surface area contributed by atoms with Crippen LogP contribution in [0.4, 0.5) is 35.4 Å². The molecule has 26 rings (SSSR count). The van der Waals surface area contributed by atoms with Crippen molar-refractivity contribution in [2.45, 2.75) is 171 Å². The number of ether oxygens (including phenoxy) is 3. The lowest BCUT2D eigenvalue weighted by atomic mass is 9.82. The molecule has 22 heterocycles. The van der Waals surface area contributed by atoms with Gasteiger partial charge in [-0.2, -0.15) is 15.3 Å². The van der Waals surface area contributed by atoms with E-state index in [1.165, 1.54) is 0 Å². The second-order valence-corrected chi connectivity index (χ2v) is 39.8. The van der Waals surface area contributed by atoms with Crippen molar-refractivity contribution in [2.75, 3.05) is 107 Å². The molecule has 0 radical (unpaired) electrons. The summed E-state index contributed by atoms with van der Waals surface area (Å²) in [7, 11) is -0.325. The Kier molecular flexibility index (Phi) is 25.5. The van der Waals surface area contributed by atoms with Crippen LogP contribution in [-0.4, -0.2) is 208 Å². The Balaban J connectivity index is 0.000000101. The highest BCUT2D eigenvalue weighted by Gasteiger charge is 2.53. The summed E-state index contributed by atoms with van der Waals surface area (Å²) in [6.07, 6.45) is 51.6. The van der Waals surface area contributed by atoms with Crippen molar-refractivity contribution in [2.24, 2.45) is 23.7 Å². The van der Waals surface area contributed by atoms with E-state index < -0.39 is 0 Å². The first-order valence-electron chi connectivity index (χ1n) is 48.5. The first-order valence-corrected chi connectivity index (χ1v) is 49.3. The molecule has 35 heteroatoms. The summed E-state index contributed by atoms with van der Waals surface area (Å²) in [5.41, 5.74) is 15.7. The Morgan fingerprint density at radius 3 is 0.956 bits per heavy atom. The van der Waals surface area contributed by atoms with Crippen LogP contribution in [0.3, 0.4) is 0 Å². The number of fused-ring (bicyclic) bond motifs is 12. The standard InChI is InChI=1S/2C27H28FN7O.C19H17BrFN5.C15H16FN3.C14H23BN2O3/c2*28-23-3-1-2-22-24-15-29-17-34(24)26(25(22)23)18-4-8-33(9-5-18)27-30-12-19(13-31-27)20-14-32-35(16-20)21-6-10-36-11-7-21;20-13-8-23-19(24-9-13)25-6-4-12(5-7-25)18-17-14(2-1-3-15(17)21)16-10-22-11-26(16)18;16-12-3-1-2-11-13-8-18-9-19(13)15(14(11)12)10-4-6-17-7-5-10;1-13(2)14(3,4)20-15(19-13)11-9-16-17(10-11)12-5-7-18-8-6-12/h2*1-3,12-18,21,26H,4-11H2;1-3,8-12,18H,4-7H2;1-3,8-10,15,17H,4-7H2;9-10,12H,5-8H2,1-4H3. The molecule has 12 aliphatic heterocycles. The van der Waals surface area contributed by atoms with Gasteiger partial charge in [-0.25, -0.2) is 67.4 Å². The molecule has 8 fully saturated rings. The van der Waals surface area contributed by atoms with Gasteiger partial charge >= 0.3 is 7.12 Å². The predicted molar refractivity (Wildman–Crippen MR) is 515 cm³/mol. The van der Waals surface area contributed by atoms with Crippen molar-refractivity contribution in [1.82, 2.24) is 103 Å². The number of benzene rings is 4. The zero-order valence-electron chi connectivity index (χ0n) is 77.4. The van der Waals surface area contributed by atoms with E-state index in [-0.39, 0.29) is 65.8 Å². The van der Waals surface area contributed by atoms with Crippen molar-refractivity contribution in [3.05, 3.63) is 247 Å². The molecule has 137 heavy (non-hydrogen) atoms. The fourth-order valence-electron chi connectivity index (χ4n) is 22.6. The van der Waals surface area contributed by atoms with Crippen LogP contribution in [0.1, 0.15) is 182 Å². The Hall–Kier alpha value is -12.0. The number of nitrogens with zero attached hydrogens (tertiary/aromatic N) is 23. The topological polar surface area (TPSA) is 270 Å². The van der Waals surface area contributed by atoms with Gasteiger partial charge < -0.3 is 61.8 Å². The third-order valence-corrected chi connectivity index (χ3v) is 31.0. The molecule has 708 valence electrons. The van der Waals surface area contributed by atoms with E-state index in [1.54, 1.807) is 60.9 Å². The minimum atomic E-state index is -0.325. The summed E-state index contributed by atoms with van der Waals surface area (Å²) in [6, 6.07) is 22.8. The lowest BCUT2D eigenvalue weighted by Crippen LogP contribution is -2.41. The molecule has 0 amide bonds. The first-order chi connectivity index (χ1) is 67.0. The van der Waals surface area contributed by atoms with Crippen LogP contribution in [0.25, 0.3) is 67.3 Å². The lowest BCUT2D eigenvalue weighted by Gasteiger charge is -2.35. The van der Waals surface area contributed by atoms with E-state index in [2.05, 4.69) is 166 Å². The van der Waals surface area contributed by atoms with Crippen LogP contribution in [0, 0.1) is 46.9 Å². The second kappa shape index (κ2) is 38.8. The number of imidazole rings is 4. The van der Waals surface area contributed by atoms with Gasteiger partial charge in [-0.15, -0.1) is 0 Å². The highest BCUT2D eigenvalue weighted by Crippen LogP contribution is 2.52. The van der Waals surface area contributed by atoms with Crippen molar-refractivity contribution < 1.29 is 41.1 Å². The minimum absolute atomic E-state index is 0.00333. The second-order valence-electron chi connectivity index (χ2n) is 38.9. The molecule has 12 aliphatic rings. The molecule has 29 nitrogen and oxygen atoms in total. The normalized spacial score (nSPS) is 21.4. The molecular formula is C102H112BBrF4N24O5. The van der Waals surface area contributed by atoms with Crippen LogP contribution in [0.5, 0.6) is 0 Å². The maximum absolute atomic E-state index is 14.9. The Bertz CT molecular complexity index is 6310. The van der Waals surface area contributed by atoms with Gasteiger partial charge in [-0.05, 0) is 195 Å². The highest BCUT2D eigenvalue weighted by atomic mass is 79.9. The number of anilines is 3. The number of hydrogen-bond acceptors (Lipinski definition) is 22. The number of nitrogens with one attached hydrogen (secondary N) is 1. The zero-order valence-corrected chi connectivity index (χ0v) is 79.0. The van der Waals surface area contributed by atoms with Gasteiger partial charge in [0.05, 0.1) is 143 Å². The van der Waals surface area contributed by atoms with Crippen molar-refractivity contribution in [3.8, 4) is 67.3 Å². The monoisotopic (exact) mass is 1920 g/mol. The van der Waals surface area contributed by atoms with Gasteiger partial charge in [-0.1, -0.05) is 48.5 Å². The van der Waals surface area contributed by atoms with Gasteiger partial charge in [0.15, 0.2) is 0 Å². The maximum atomic E-state index is 14.9. The van der Waals surface area contributed by atoms with Crippen molar-refractivity contribution >= 4 is 46.4 Å². The molecule has 4 atom stereocenters. The Morgan fingerprint density at radius 2 is 0.635 bits per heavy atom. The van der Waals surface area contributed by atoms with Crippen LogP contribution in [0.2, 0.25) is 0 Å². The number of halogens is 5. The van der Waals surface area contributed by atoms with Gasteiger partial charge in [0.25, 0.3) is 0 Å². The van der Waals surface area contributed by atoms with Gasteiger partial charge in [-0.3, -0.25) is 14.0 Å². The van der Waals surface area contributed by atoms with Crippen LogP contribution in [0.15, 0.2) is 202 Å². The van der Waals surface area contributed by atoms with Gasteiger partial charge in [0.2, 0.25) is 17.8 Å². The van der Waals surface area contributed by atoms with E-state index in [0.717, 1.165) is 299 Å². The average molecular weight is 1920 g/mol. The summed E-state index contributed by atoms with van der Waals surface area (Å²) in [5.74, 6) is 3.34. The quantitative estimate of drug-likeness (QED) is 0.0830. The molecule has 0 bridgehead atoms. The van der Waals surface area contributed by atoms with E-state index in [0.29, 0.717) is 41.8 Å². The highest BCUT2D eigenvalue weighted by molar-refractivity contribution is 9.10. The molecular weight excluding hydrogens is 1810 g/mol. The third kappa shape index (κ3) is 17.8. The van der Waals surface area contributed by atoms with E-state index in [1.807, 2.05) is 132 Å². The van der Waals surface area contributed by atoms with E-state index in [9.17, 15) is 17.6 Å². The molecule has 0 saturated carbocycles. The molecule has 4 unspecified atom stereocenters. The van der Waals surface area contributed by atoms with Crippen LogP contribution < -0.4 is 25.5 Å². The minimum Gasteiger partial charge on any atom is -0.399 e. The predicted octanol–water partition coefficient (Wildman–Crippen LogP) is 17.2. The van der Waals surface area contributed by atoms with Crippen molar-refractivity contribution in [1.29, 1.82) is 0 Å². The largest absolute Gasteiger partial charge is 0.498 e. The Labute approximate surface area is 801 Å². The molecule has 0 spiro atoms. The summed E-state index contributed by atoms with van der Waals surface area (Å²) in [5, 5.41) is 17.0. The summed E-state index contributed by atoms with van der Waals surface area (Å²) in [4.78, 5) is 51.4. The first kappa shape index (κ1) is 90.2. The van der Waals surface area contributed by atoms with Crippen LogP contribution >= 0.6 is 15.9 Å². The number of rotatable bonds is 13. The number of hydrogen-bond donors (Lipinski definition) is 1.